The molecule has 20 heavy (non-hydrogen) atoms. The van der Waals surface area contributed by atoms with Crippen LogP contribution in [0.3, 0.4) is 0 Å². The molecule has 1 N–H and O–H groups in total. The van der Waals surface area contributed by atoms with E-state index in [0.717, 1.165) is 52.1 Å². The molecule has 0 aromatic heterocycles. The summed E-state index contributed by atoms with van der Waals surface area (Å²) in [5, 5.41) is 12.3. The number of likely N-dealkylation sites (tertiary alicyclic amines) is 1. The molecule has 1 rings (SSSR count). The second kappa shape index (κ2) is 9.73. The van der Waals surface area contributed by atoms with Gasteiger partial charge in [-0.1, -0.05) is 13.8 Å². The van der Waals surface area contributed by atoms with Crippen LogP contribution in [0.1, 0.15) is 39.5 Å². The van der Waals surface area contributed by atoms with Gasteiger partial charge in [-0.05, 0) is 32.4 Å². The zero-order chi connectivity index (χ0) is 14.8. The summed E-state index contributed by atoms with van der Waals surface area (Å²) in [4.78, 5) is 16.3. The molecule has 5 nitrogen and oxygen atoms in total. The average Bonchev–Trinajstić information content (AvgIpc) is 2.51. The Bertz CT molecular complexity index is 316. The number of nitrogens with zero attached hydrogens (tertiary/aromatic N) is 3. The van der Waals surface area contributed by atoms with Crippen LogP contribution in [0.4, 0.5) is 0 Å². The van der Waals surface area contributed by atoms with Crippen LogP contribution in [0.5, 0.6) is 0 Å². The van der Waals surface area contributed by atoms with Crippen LogP contribution in [0.25, 0.3) is 0 Å². The van der Waals surface area contributed by atoms with Crippen LogP contribution in [0, 0.1) is 11.3 Å². The maximum absolute atomic E-state index is 12.1. The summed E-state index contributed by atoms with van der Waals surface area (Å²) in [5.41, 5.74) is 0. The maximum Gasteiger partial charge on any atom is 0.225 e. The Morgan fingerprint density at radius 1 is 1.30 bits per heavy atom. The van der Waals surface area contributed by atoms with Gasteiger partial charge in [0.15, 0.2) is 0 Å². The van der Waals surface area contributed by atoms with Crippen LogP contribution in [0.2, 0.25) is 0 Å². The topological polar surface area (TPSA) is 59.4 Å². The molecular weight excluding hydrogens is 252 g/mol. The van der Waals surface area contributed by atoms with Gasteiger partial charge in [0.05, 0.1) is 12.5 Å². The van der Waals surface area contributed by atoms with Gasteiger partial charge in [0, 0.05) is 26.2 Å². The molecule has 5 heteroatoms. The van der Waals surface area contributed by atoms with Crippen molar-refractivity contribution in [3.05, 3.63) is 0 Å². The van der Waals surface area contributed by atoms with E-state index in [9.17, 15) is 4.79 Å². The smallest absolute Gasteiger partial charge is 0.225 e. The van der Waals surface area contributed by atoms with Gasteiger partial charge < -0.3 is 15.1 Å². The zero-order valence-corrected chi connectivity index (χ0v) is 12.9. The average molecular weight is 280 g/mol. The van der Waals surface area contributed by atoms with Crippen LogP contribution in [-0.2, 0) is 4.79 Å². The normalized spacial score (nSPS) is 17.0. The fraction of sp³-hybridized carbons (Fsp3) is 0.867. The lowest BCUT2D eigenvalue weighted by molar-refractivity contribution is -0.132. The Balaban J connectivity index is 2.28. The molecule has 0 saturated carbocycles. The first-order valence-electron chi connectivity index (χ1n) is 7.84. The molecule has 0 spiro atoms. The highest BCUT2D eigenvalue weighted by molar-refractivity contribution is 5.77. The van der Waals surface area contributed by atoms with Gasteiger partial charge in [-0.15, -0.1) is 0 Å². The fourth-order valence-corrected chi connectivity index (χ4v) is 2.55. The Morgan fingerprint density at radius 2 is 1.95 bits per heavy atom. The van der Waals surface area contributed by atoms with Crippen LogP contribution in [0.15, 0.2) is 0 Å². The number of carbonyl (C=O) groups excluding carboxylic acids is 1. The third-order valence-corrected chi connectivity index (χ3v) is 3.96. The van der Waals surface area contributed by atoms with Crippen molar-refractivity contribution in [2.45, 2.75) is 45.6 Å². The molecule has 0 aromatic carbocycles. The molecule has 1 fully saturated rings. The molecule has 1 aliphatic rings. The summed E-state index contributed by atoms with van der Waals surface area (Å²) >= 11 is 0. The quantitative estimate of drug-likeness (QED) is 0.726. The molecule has 1 aliphatic heterocycles. The van der Waals surface area contributed by atoms with Crippen LogP contribution in [-0.4, -0.2) is 61.0 Å². The van der Waals surface area contributed by atoms with Crippen LogP contribution < -0.4 is 5.32 Å². The lowest BCUT2D eigenvalue weighted by Gasteiger charge is -2.27. The highest BCUT2D eigenvalue weighted by Gasteiger charge is 2.20. The second-order valence-corrected chi connectivity index (χ2v) is 5.31. The molecule has 1 unspecified atom stereocenters. The van der Waals surface area contributed by atoms with E-state index in [1.165, 1.54) is 6.42 Å². The zero-order valence-electron chi connectivity index (χ0n) is 12.9. The van der Waals surface area contributed by atoms with Crippen molar-refractivity contribution < 1.29 is 4.79 Å². The fourth-order valence-electron chi connectivity index (χ4n) is 2.55. The number of piperidine rings is 1. The Morgan fingerprint density at radius 3 is 2.50 bits per heavy atom. The van der Waals surface area contributed by atoms with E-state index in [0.29, 0.717) is 6.42 Å². The van der Waals surface area contributed by atoms with Gasteiger partial charge >= 0.3 is 0 Å². The highest BCUT2D eigenvalue weighted by atomic mass is 16.2. The maximum atomic E-state index is 12.1. The van der Waals surface area contributed by atoms with Crippen molar-refractivity contribution in [1.29, 1.82) is 5.26 Å². The molecular formula is C15H28N4O. The summed E-state index contributed by atoms with van der Waals surface area (Å²) < 4.78 is 0. The van der Waals surface area contributed by atoms with Crippen molar-refractivity contribution in [2.75, 3.05) is 39.3 Å². The van der Waals surface area contributed by atoms with Crippen molar-refractivity contribution >= 4 is 5.91 Å². The van der Waals surface area contributed by atoms with Gasteiger partial charge in [-0.2, -0.15) is 5.26 Å². The number of likely N-dealkylation sites (N-methyl/N-ethyl adjacent to an activating group) is 1. The number of hydrogen-bond donors (Lipinski definition) is 1. The van der Waals surface area contributed by atoms with Gasteiger partial charge in [0.25, 0.3) is 0 Å². The largest absolute Gasteiger partial charge is 0.343 e. The number of rotatable bonds is 8. The number of nitriles is 1. The number of amides is 1. The third-order valence-electron chi connectivity index (χ3n) is 3.96. The van der Waals surface area contributed by atoms with E-state index < -0.39 is 0 Å². The Kier molecular flexibility index (Phi) is 8.24. The molecule has 1 amide bonds. The standard InChI is InChI=1S/C15H28N4O/c1-3-18(4-2)11-8-17-14(13-16)12-15(20)19-9-6-5-7-10-19/h14,17H,3-12H2,1-2H3. The summed E-state index contributed by atoms with van der Waals surface area (Å²) in [7, 11) is 0. The van der Waals surface area contributed by atoms with Crippen molar-refractivity contribution in [1.82, 2.24) is 15.1 Å². The Labute approximate surface area is 122 Å². The summed E-state index contributed by atoms with van der Waals surface area (Å²) in [5.74, 6) is 0.117. The summed E-state index contributed by atoms with van der Waals surface area (Å²) in [6.07, 6.45) is 3.71. The lowest BCUT2D eigenvalue weighted by atomic mass is 10.1. The molecule has 0 aliphatic carbocycles. The minimum atomic E-state index is -0.361. The Hall–Kier alpha value is -1.12. The molecule has 1 saturated heterocycles. The lowest BCUT2D eigenvalue weighted by Crippen LogP contribution is -2.42. The third kappa shape index (κ3) is 5.89. The predicted octanol–water partition coefficient (Wildman–Crippen LogP) is 1.21. The molecule has 0 bridgehead atoms. The molecule has 1 heterocycles. The first-order valence-corrected chi connectivity index (χ1v) is 7.84. The summed E-state index contributed by atoms with van der Waals surface area (Å²) in [6.45, 7) is 9.68. The van der Waals surface area contributed by atoms with Crippen molar-refractivity contribution in [3.63, 3.8) is 0 Å². The predicted molar refractivity (Wildman–Crippen MR) is 80.2 cm³/mol. The minimum Gasteiger partial charge on any atom is -0.343 e. The van der Waals surface area contributed by atoms with E-state index in [4.69, 9.17) is 5.26 Å². The monoisotopic (exact) mass is 280 g/mol. The number of carbonyl (C=O) groups is 1. The van der Waals surface area contributed by atoms with Gasteiger partial charge in [0.2, 0.25) is 5.91 Å². The molecule has 1 atom stereocenters. The molecule has 114 valence electrons. The van der Waals surface area contributed by atoms with Gasteiger partial charge in [-0.3, -0.25) is 4.79 Å². The van der Waals surface area contributed by atoms with E-state index in [-0.39, 0.29) is 11.9 Å². The highest BCUT2D eigenvalue weighted by Crippen LogP contribution is 2.10. The van der Waals surface area contributed by atoms with Crippen molar-refractivity contribution in [2.24, 2.45) is 0 Å². The number of nitrogens with one attached hydrogen (secondary N) is 1. The summed E-state index contributed by atoms with van der Waals surface area (Å²) in [6, 6.07) is 1.84. The van der Waals surface area contributed by atoms with Crippen molar-refractivity contribution in [3.8, 4) is 6.07 Å². The molecule has 0 radical (unpaired) electrons. The van der Waals surface area contributed by atoms with Crippen LogP contribution >= 0.6 is 0 Å². The minimum absolute atomic E-state index is 0.117. The van der Waals surface area contributed by atoms with Gasteiger partial charge in [0.1, 0.15) is 6.04 Å². The van der Waals surface area contributed by atoms with Gasteiger partial charge in [-0.25, -0.2) is 0 Å². The van der Waals surface area contributed by atoms with E-state index in [1.807, 2.05) is 4.90 Å². The first kappa shape index (κ1) is 16.9. The van der Waals surface area contributed by atoms with E-state index in [1.54, 1.807) is 0 Å². The first-order chi connectivity index (χ1) is 9.71. The second-order valence-electron chi connectivity index (χ2n) is 5.31. The number of hydrogen-bond acceptors (Lipinski definition) is 4. The molecule has 0 aromatic rings. The SMILES string of the molecule is CCN(CC)CCNC(C#N)CC(=O)N1CCCCC1. The van der Waals surface area contributed by atoms with E-state index in [2.05, 4.69) is 30.1 Å². The van der Waals surface area contributed by atoms with E-state index >= 15 is 0 Å².